The number of carbonyl (C=O) groups excluding carboxylic acids is 2. The molecule has 0 unspecified atom stereocenters. The Kier molecular flexibility index (Phi) is 5.33. The Morgan fingerprint density at radius 2 is 2.10 bits per heavy atom. The standard InChI is InChI=1S/C16H23N3O2/c1-3-17-16(21)13-6-4-5-7-14(13)19-15(20)12-8-9-18-11(2)10-12/h4-7,11-12,18H,3,8-10H2,1-2H3,(H,17,21)(H,19,20)/t11-,12-/m0/s1. The van der Waals surface area contributed by atoms with Gasteiger partial charge in [-0.15, -0.1) is 0 Å². The molecule has 1 aromatic carbocycles. The molecular weight excluding hydrogens is 266 g/mol. The maximum Gasteiger partial charge on any atom is 0.253 e. The average molecular weight is 289 g/mol. The molecular formula is C16H23N3O2. The number of nitrogens with one attached hydrogen (secondary N) is 3. The van der Waals surface area contributed by atoms with Gasteiger partial charge in [0.25, 0.3) is 5.91 Å². The number of benzene rings is 1. The molecule has 2 rings (SSSR count). The zero-order chi connectivity index (χ0) is 15.2. The summed E-state index contributed by atoms with van der Waals surface area (Å²) in [6, 6.07) is 7.47. The van der Waals surface area contributed by atoms with Crippen LogP contribution in [0.3, 0.4) is 0 Å². The van der Waals surface area contributed by atoms with Crippen molar-refractivity contribution in [3.8, 4) is 0 Å². The molecule has 21 heavy (non-hydrogen) atoms. The van der Waals surface area contributed by atoms with Crippen LogP contribution in [0.2, 0.25) is 0 Å². The maximum atomic E-state index is 12.4. The number of para-hydroxylation sites is 1. The molecule has 5 nitrogen and oxygen atoms in total. The van der Waals surface area contributed by atoms with E-state index in [1.54, 1.807) is 18.2 Å². The van der Waals surface area contributed by atoms with Crippen LogP contribution in [0.4, 0.5) is 5.69 Å². The van der Waals surface area contributed by atoms with Gasteiger partial charge in [-0.3, -0.25) is 9.59 Å². The predicted molar refractivity (Wildman–Crippen MR) is 83.3 cm³/mol. The molecule has 2 atom stereocenters. The lowest BCUT2D eigenvalue weighted by Crippen LogP contribution is -2.40. The van der Waals surface area contributed by atoms with E-state index in [1.807, 2.05) is 13.0 Å². The Morgan fingerprint density at radius 3 is 2.81 bits per heavy atom. The number of amides is 2. The minimum atomic E-state index is -0.160. The number of hydrogen-bond acceptors (Lipinski definition) is 3. The van der Waals surface area contributed by atoms with Gasteiger partial charge in [-0.05, 0) is 45.4 Å². The smallest absolute Gasteiger partial charge is 0.253 e. The third kappa shape index (κ3) is 4.04. The van der Waals surface area contributed by atoms with Gasteiger partial charge < -0.3 is 16.0 Å². The summed E-state index contributed by atoms with van der Waals surface area (Å²) < 4.78 is 0. The van der Waals surface area contributed by atoms with Crippen LogP contribution in [0.5, 0.6) is 0 Å². The van der Waals surface area contributed by atoms with E-state index in [2.05, 4.69) is 22.9 Å². The second kappa shape index (κ2) is 7.22. The summed E-state index contributed by atoms with van der Waals surface area (Å²) in [5.41, 5.74) is 1.09. The van der Waals surface area contributed by atoms with Crippen molar-refractivity contribution in [2.45, 2.75) is 32.7 Å². The van der Waals surface area contributed by atoms with Crippen molar-refractivity contribution in [3.63, 3.8) is 0 Å². The van der Waals surface area contributed by atoms with E-state index in [4.69, 9.17) is 0 Å². The molecule has 5 heteroatoms. The Hall–Kier alpha value is -1.88. The topological polar surface area (TPSA) is 70.2 Å². The number of anilines is 1. The van der Waals surface area contributed by atoms with Crippen LogP contribution in [0.25, 0.3) is 0 Å². The normalized spacial score (nSPS) is 21.6. The summed E-state index contributed by atoms with van der Waals surface area (Å²) in [5.74, 6) is -0.157. The molecule has 0 saturated carbocycles. The minimum absolute atomic E-state index is 0.0000912. The first kappa shape index (κ1) is 15.5. The highest BCUT2D eigenvalue weighted by molar-refractivity contribution is 6.04. The first-order valence-electron chi connectivity index (χ1n) is 7.53. The zero-order valence-electron chi connectivity index (χ0n) is 12.6. The van der Waals surface area contributed by atoms with Crippen molar-refractivity contribution < 1.29 is 9.59 Å². The molecule has 3 N–H and O–H groups in total. The van der Waals surface area contributed by atoms with Crippen LogP contribution >= 0.6 is 0 Å². The molecule has 2 amide bonds. The van der Waals surface area contributed by atoms with E-state index in [0.717, 1.165) is 19.4 Å². The van der Waals surface area contributed by atoms with E-state index < -0.39 is 0 Å². The van der Waals surface area contributed by atoms with Crippen LogP contribution in [0, 0.1) is 5.92 Å². The average Bonchev–Trinajstić information content (AvgIpc) is 2.48. The lowest BCUT2D eigenvalue weighted by atomic mass is 9.92. The lowest BCUT2D eigenvalue weighted by molar-refractivity contribution is -0.120. The first-order chi connectivity index (χ1) is 10.1. The van der Waals surface area contributed by atoms with Crippen LogP contribution < -0.4 is 16.0 Å². The van der Waals surface area contributed by atoms with Gasteiger partial charge in [0.1, 0.15) is 0 Å². The van der Waals surface area contributed by atoms with E-state index in [1.165, 1.54) is 0 Å². The van der Waals surface area contributed by atoms with Crippen molar-refractivity contribution in [2.24, 2.45) is 5.92 Å². The van der Waals surface area contributed by atoms with Crippen LogP contribution in [-0.2, 0) is 4.79 Å². The van der Waals surface area contributed by atoms with Gasteiger partial charge in [0.05, 0.1) is 11.3 Å². The summed E-state index contributed by atoms with van der Waals surface area (Å²) >= 11 is 0. The summed E-state index contributed by atoms with van der Waals surface area (Å²) in [4.78, 5) is 24.4. The Labute approximate surface area is 125 Å². The van der Waals surface area contributed by atoms with Gasteiger partial charge in [0.15, 0.2) is 0 Å². The summed E-state index contributed by atoms with van der Waals surface area (Å²) in [7, 11) is 0. The molecule has 1 aliphatic rings. The molecule has 0 bridgehead atoms. The van der Waals surface area contributed by atoms with Crippen molar-refractivity contribution in [3.05, 3.63) is 29.8 Å². The quantitative estimate of drug-likeness (QED) is 0.791. The highest BCUT2D eigenvalue weighted by Gasteiger charge is 2.25. The van der Waals surface area contributed by atoms with Crippen molar-refractivity contribution in [1.82, 2.24) is 10.6 Å². The van der Waals surface area contributed by atoms with Gasteiger partial charge in [0, 0.05) is 18.5 Å². The van der Waals surface area contributed by atoms with Crippen molar-refractivity contribution in [2.75, 3.05) is 18.4 Å². The molecule has 0 radical (unpaired) electrons. The fourth-order valence-corrected chi connectivity index (χ4v) is 2.65. The van der Waals surface area contributed by atoms with E-state index >= 15 is 0 Å². The minimum Gasteiger partial charge on any atom is -0.352 e. The molecule has 114 valence electrons. The van der Waals surface area contributed by atoms with Gasteiger partial charge in [-0.1, -0.05) is 12.1 Å². The monoisotopic (exact) mass is 289 g/mol. The van der Waals surface area contributed by atoms with E-state index in [0.29, 0.717) is 23.8 Å². The molecule has 0 aliphatic carbocycles. The van der Waals surface area contributed by atoms with Gasteiger partial charge in [0.2, 0.25) is 5.91 Å². The number of carbonyl (C=O) groups is 2. The molecule has 0 spiro atoms. The van der Waals surface area contributed by atoms with E-state index in [9.17, 15) is 9.59 Å². The highest BCUT2D eigenvalue weighted by Crippen LogP contribution is 2.21. The SMILES string of the molecule is CCNC(=O)c1ccccc1NC(=O)[C@H]1CCN[C@@H](C)C1. The fourth-order valence-electron chi connectivity index (χ4n) is 2.65. The molecule has 0 aromatic heterocycles. The lowest BCUT2D eigenvalue weighted by Gasteiger charge is -2.27. The first-order valence-corrected chi connectivity index (χ1v) is 7.53. The third-order valence-electron chi connectivity index (χ3n) is 3.76. The Morgan fingerprint density at radius 1 is 1.33 bits per heavy atom. The summed E-state index contributed by atoms with van der Waals surface area (Å²) in [6.07, 6.45) is 1.66. The van der Waals surface area contributed by atoms with Crippen LogP contribution in [-0.4, -0.2) is 30.9 Å². The van der Waals surface area contributed by atoms with Crippen molar-refractivity contribution in [1.29, 1.82) is 0 Å². The molecule has 1 aromatic rings. The maximum absolute atomic E-state index is 12.4. The van der Waals surface area contributed by atoms with Crippen LogP contribution in [0.15, 0.2) is 24.3 Å². The fraction of sp³-hybridized carbons (Fsp3) is 0.500. The van der Waals surface area contributed by atoms with Crippen LogP contribution in [0.1, 0.15) is 37.0 Å². The highest BCUT2D eigenvalue weighted by atomic mass is 16.2. The Balaban J connectivity index is 2.08. The summed E-state index contributed by atoms with van der Waals surface area (Å²) in [5, 5.41) is 9.01. The molecule has 1 heterocycles. The number of piperidine rings is 1. The molecule has 1 saturated heterocycles. The number of rotatable bonds is 4. The van der Waals surface area contributed by atoms with E-state index in [-0.39, 0.29) is 17.7 Å². The van der Waals surface area contributed by atoms with Crippen molar-refractivity contribution >= 4 is 17.5 Å². The zero-order valence-corrected chi connectivity index (χ0v) is 12.6. The molecule has 1 fully saturated rings. The van der Waals surface area contributed by atoms with Gasteiger partial charge >= 0.3 is 0 Å². The largest absolute Gasteiger partial charge is 0.352 e. The van der Waals surface area contributed by atoms with Gasteiger partial charge in [-0.2, -0.15) is 0 Å². The Bertz CT molecular complexity index is 516. The third-order valence-corrected chi connectivity index (χ3v) is 3.76. The van der Waals surface area contributed by atoms with Gasteiger partial charge in [-0.25, -0.2) is 0 Å². The molecule has 1 aliphatic heterocycles. The second-order valence-electron chi connectivity index (χ2n) is 5.47. The summed E-state index contributed by atoms with van der Waals surface area (Å²) in [6.45, 7) is 5.38. The number of hydrogen-bond donors (Lipinski definition) is 3. The second-order valence-corrected chi connectivity index (χ2v) is 5.47. The predicted octanol–water partition coefficient (Wildman–Crippen LogP) is 1.76.